The van der Waals surface area contributed by atoms with Crippen molar-refractivity contribution in [3.63, 3.8) is 0 Å². The number of hydrogen-bond donors (Lipinski definition) is 1. The fourth-order valence-corrected chi connectivity index (χ4v) is 3.36. The van der Waals surface area contributed by atoms with E-state index in [4.69, 9.17) is 9.84 Å². The van der Waals surface area contributed by atoms with Crippen molar-refractivity contribution in [1.29, 1.82) is 0 Å². The number of unbranched alkanes of at least 4 members (excludes halogenated alkanes) is 11. The number of carboxylic acid groups (broad SMARTS) is 1. The van der Waals surface area contributed by atoms with Gasteiger partial charge >= 0.3 is 11.9 Å². The SMILES string of the molecule is CCCCCCCC(=O)OC(CCCCCCC)CCCCCCC(=O)O. The summed E-state index contributed by atoms with van der Waals surface area (Å²) >= 11 is 0. The monoisotopic (exact) mass is 384 g/mol. The van der Waals surface area contributed by atoms with Gasteiger partial charge in [0.25, 0.3) is 0 Å². The molecule has 0 saturated carbocycles. The molecular formula is C23H44O4. The largest absolute Gasteiger partial charge is 0.481 e. The van der Waals surface area contributed by atoms with Gasteiger partial charge in [-0.3, -0.25) is 9.59 Å². The fourth-order valence-electron chi connectivity index (χ4n) is 3.36. The number of carboxylic acids is 1. The van der Waals surface area contributed by atoms with Gasteiger partial charge in [0.05, 0.1) is 0 Å². The van der Waals surface area contributed by atoms with Gasteiger partial charge in [0.2, 0.25) is 0 Å². The highest BCUT2D eigenvalue weighted by Gasteiger charge is 2.14. The third kappa shape index (κ3) is 19.5. The summed E-state index contributed by atoms with van der Waals surface area (Å²) in [7, 11) is 0. The van der Waals surface area contributed by atoms with E-state index in [1.54, 1.807) is 0 Å². The van der Waals surface area contributed by atoms with Crippen molar-refractivity contribution in [2.45, 2.75) is 136 Å². The molecule has 1 unspecified atom stereocenters. The van der Waals surface area contributed by atoms with E-state index >= 15 is 0 Å². The van der Waals surface area contributed by atoms with Crippen LogP contribution in [0.2, 0.25) is 0 Å². The van der Waals surface area contributed by atoms with Gasteiger partial charge in [-0.15, -0.1) is 0 Å². The second-order valence-corrected chi connectivity index (χ2v) is 7.83. The van der Waals surface area contributed by atoms with Crippen molar-refractivity contribution in [3.05, 3.63) is 0 Å². The third-order valence-electron chi connectivity index (χ3n) is 5.08. The number of hydrogen-bond acceptors (Lipinski definition) is 3. The minimum Gasteiger partial charge on any atom is -0.481 e. The Kier molecular flexibility index (Phi) is 18.9. The molecule has 0 fully saturated rings. The fraction of sp³-hybridized carbons (Fsp3) is 0.913. The van der Waals surface area contributed by atoms with Gasteiger partial charge in [0, 0.05) is 12.8 Å². The standard InChI is InChI=1S/C23H44O4/c1-3-5-7-9-13-17-21(18-14-11-12-15-19-22(24)25)27-23(26)20-16-10-8-6-4-2/h21H,3-20H2,1-2H3,(H,24,25). The van der Waals surface area contributed by atoms with Crippen LogP contribution in [0.25, 0.3) is 0 Å². The smallest absolute Gasteiger partial charge is 0.306 e. The number of aliphatic carboxylic acids is 1. The van der Waals surface area contributed by atoms with Crippen LogP contribution in [0, 0.1) is 0 Å². The molecule has 4 nitrogen and oxygen atoms in total. The maximum absolute atomic E-state index is 12.1. The Morgan fingerprint density at radius 1 is 0.667 bits per heavy atom. The van der Waals surface area contributed by atoms with Gasteiger partial charge in [0.1, 0.15) is 6.10 Å². The molecule has 0 aromatic carbocycles. The highest BCUT2D eigenvalue weighted by Crippen LogP contribution is 2.17. The molecule has 0 bridgehead atoms. The van der Waals surface area contributed by atoms with E-state index in [1.807, 2.05) is 0 Å². The molecule has 0 aromatic heterocycles. The quantitative estimate of drug-likeness (QED) is 0.180. The van der Waals surface area contributed by atoms with Gasteiger partial charge in [-0.2, -0.15) is 0 Å². The Morgan fingerprint density at radius 2 is 1.11 bits per heavy atom. The van der Waals surface area contributed by atoms with Crippen LogP contribution in [-0.2, 0) is 14.3 Å². The van der Waals surface area contributed by atoms with Crippen molar-refractivity contribution in [3.8, 4) is 0 Å². The van der Waals surface area contributed by atoms with E-state index in [2.05, 4.69) is 13.8 Å². The average Bonchev–Trinajstić information content (AvgIpc) is 2.63. The van der Waals surface area contributed by atoms with Crippen LogP contribution >= 0.6 is 0 Å². The maximum atomic E-state index is 12.1. The van der Waals surface area contributed by atoms with Crippen LogP contribution in [0.1, 0.15) is 129 Å². The van der Waals surface area contributed by atoms with Crippen LogP contribution < -0.4 is 0 Å². The summed E-state index contributed by atoms with van der Waals surface area (Å²) in [6.07, 6.45) is 18.4. The van der Waals surface area contributed by atoms with E-state index in [9.17, 15) is 9.59 Å². The number of carbonyl (C=O) groups excluding carboxylic acids is 1. The van der Waals surface area contributed by atoms with Crippen LogP contribution in [0.5, 0.6) is 0 Å². The molecule has 0 aromatic rings. The molecule has 4 heteroatoms. The number of carbonyl (C=O) groups is 2. The molecule has 0 rings (SSSR count). The van der Waals surface area contributed by atoms with E-state index in [0.717, 1.165) is 57.8 Å². The van der Waals surface area contributed by atoms with Crippen LogP contribution in [-0.4, -0.2) is 23.1 Å². The molecule has 1 atom stereocenters. The Labute approximate surface area is 167 Å². The predicted octanol–water partition coefficient (Wildman–Crippen LogP) is 7.04. The van der Waals surface area contributed by atoms with E-state index in [1.165, 1.54) is 44.9 Å². The third-order valence-corrected chi connectivity index (χ3v) is 5.08. The minimum atomic E-state index is -0.715. The maximum Gasteiger partial charge on any atom is 0.306 e. The summed E-state index contributed by atoms with van der Waals surface area (Å²) in [6.45, 7) is 4.41. The zero-order valence-electron chi connectivity index (χ0n) is 18.0. The number of ether oxygens (including phenoxy) is 1. The average molecular weight is 385 g/mol. The molecule has 0 amide bonds. The molecule has 0 saturated heterocycles. The number of esters is 1. The Bertz CT molecular complexity index is 354. The molecule has 0 aliphatic carbocycles. The lowest BCUT2D eigenvalue weighted by atomic mass is 10.0. The molecule has 27 heavy (non-hydrogen) atoms. The van der Waals surface area contributed by atoms with Crippen molar-refractivity contribution in [2.75, 3.05) is 0 Å². The van der Waals surface area contributed by atoms with Gasteiger partial charge in [-0.25, -0.2) is 0 Å². The molecule has 1 N–H and O–H groups in total. The topological polar surface area (TPSA) is 63.6 Å². The lowest BCUT2D eigenvalue weighted by Gasteiger charge is -2.18. The second-order valence-electron chi connectivity index (χ2n) is 7.83. The summed E-state index contributed by atoms with van der Waals surface area (Å²) in [5.41, 5.74) is 0. The predicted molar refractivity (Wildman–Crippen MR) is 112 cm³/mol. The van der Waals surface area contributed by atoms with E-state index in [0.29, 0.717) is 6.42 Å². The molecular weight excluding hydrogens is 340 g/mol. The lowest BCUT2D eigenvalue weighted by molar-refractivity contribution is -0.150. The normalized spacial score (nSPS) is 12.1. The molecule has 0 aliphatic rings. The Balaban J connectivity index is 4.03. The minimum absolute atomic E-state index is 0.0315. The molecule has 0 radical (unpaired) electrons. The summed E-state index contributed by atoms with van der Waals surface area (Å²) in [4.78, 5) is 22.7. The van der Waals surface area contributed by atoms with Crippen molar-refractivity contribution in [1.82, 2.24) is 0 Å². The molecule has 0 aliphatic heterocycles. The summed E-state index contributed by atoms with van der Waals surface area (Å²) < 4.78 is 5.78. The lowest BCUT2D eigenvalue weighted by Crippen LogP contribution is -2.18. The highest BCUT2D eigenvalue weighted by molar-refractivity contribution is 5.69. The van der Waals surface area contributed by atoms with Crippen LogP contribution in [0.4, 0.5) is 0 Å². The first kappa shape index (κ1) is 25.9. The highest BCUT2D eigenvalue weighted by atomic mass is 16.5. The van der Waals surface area contributed by atoms with Crippen molar-refractivity contribution in [2.24, 2.45) is 0 Å². The van der Waals surface area contributed by atoms with Gasteiger partial charge < -0.3 is 9.84 Å². The van der Waals surface area contributed by atoms with E-state index < -0.39 is 5.97 Å². The Hall–Kier alpha value is -1.06. The van der Waals surface area contributed by atoms with Crippen LogP contribution in [0.3, 0.4) is 0 Å². The van der Waals surface area contributed by atoms with Gasteiger partial charge in [-0.1, -0.05) is 78.1 Å². The first-order valence-corrected chi connectivity index (χ1v) is 11.5. The summed E-state index contributed by atoms with van der Waals surface area (Å²) in [5.74, 6) is -0.747. The Morgan fingerprint density at radius 3 is 1.59 bits per heavy atom. The van der Waals surface area contributed by atoms with Crippen molar-refractivity contribution < 1.29 is 19.4 Å². The van der Waals surface area contributed by atoms with Gasteiger partial charge in [0.15, 0.2) is 0 Å². The van der Waals surface area contributed by atoms with Gasteiger partial charge in [-0.05, 0) is 38.5 Å². The second kappa shape index (κ2) is 19.7. The zero-order valence-corrected chi connectivity index (χ0v) is 18.0. The van der Waals surface area contributed by atoms with Crippen molar-refractivity contribution >= 4 is 11.9 Å². The first-order chi connectivity index (χ1) is 13.1. The van der Waals surface area contributed by atoms with E-state index in [-0.39, 0.29) is 18.5 Å². The molecule has 0 spiro atoms. The summed E-state index contributed by atoms with van der Waals surface area (Å²) in [5, 5.41) is 8.68. The summed E-state index contributed by atoms with van der Waals surface area (Å²) in [6, 6.07) is 0. The number of rotatable bonds is 20. The molecule has 160 valence electrons. The zero-order chi connectivity index (χ0) is 20.2. The van der Waals surface area contributed by atoms with Crippen LogP contribution in [0.15, 0.2) is 0 Å². The molecule has 0 heterocycles. The first-order valence-electron chi connectivity index (χ1n) is 11.5.